The summed E-state index contributed by atoms with van der Waals surface area (Å²) in [5.41, 5.74) is 3.05. The third kappa shape index (κ3) is 4.77. The Morgan fingerprint density at radius 1 is 1.05 bits per heavy atom. The van der Waals surface area contributed by atoms with Crippen LogP contribution >= 0.6 is 0 Å². The van der Waals surface area contributed by atoms with Gasteiger partial charge in [0.25, 0.3) is 0 Å². The first-order valence-corrected chi connectivity index (χ1v) is 6.90. The van der Waals surface area contributed by atoms with E-state index in [-0.39, 0.29) is 0 Å². The highest BCUT2D eigenvalue weighted by atomic mass is 15.3. The molecule has 1 rings (SSSR count). The summed E-state index contributed by atoms with van der Waals surface area (Å²) in [7, 11) is 0. The van der Waals surface area contributed by atoms with Gasteiger partial charge in [-0.25, -0.2) is 4.68 Å². The van der Waals surface area contributed by atoms with Crippen molar-refractivity contribution in [2.45, 2.75) is 13.8 Å². The van der Waals surface area contributed by atoms with Crippen molar-refractivity contribution in [3.05, 3.63) is 91.9 Å². The smallest absolute Gasteiger partial charge is 0.0740 e. The zero-order valence-corrected chi connectivity index (χ0v) is 12.7. The van der Waals surface area contributed by atoms with Crippen LogP contribution in [0.2, 0.25) is 0 Å². The third-order valence-electron chi connectivity index (χ3n) is 2.69. The summed E-state index contributed by atoms with van der Waals surface area (Å²) in [5, 5.41) is 4.42. The molecule has 0 aromatic carbocycles. The first kappa shape index (κ1) is 16.4. The number of aromatic nitrogens is 2. The van der Waals surface area contributed by atoms with E-state index in [0.717, 1.165) is 17.0 Å². The molecule has 0 saturated carbocycles. The van der Waals surface area contributed by atoms with Crippen LogP contribution in [0.5, 0.6) is 0 Å². The first-order valence-electron chi connectivity index (χ1n) is 6.90. The molecule has 0 atom stereocenters. The molecule has 0 saturated heterocycles. The standard InChI is InChI=1S/C19H22N2/c1-5-9-13-17(11-7-3)19-15-16-20-21(19)18(12-8-4)14-10-6-2/h5-16H,2,4H2,1,3H3/b9-5-,11-7-,14-10-,17-13+,18-12+. The van der Waals surface area contributed by atoms with Crippen molar-refractivity contribution in [2.75, 3.05) is 0 Å². The molecule has 0 aliphatic carbocycles. The summed E-state index contributed by atoms with van der Waals surface area (Å²) in [5.74, 6) is 0. The van der Waals surface area contributed by atoms with Gasteiger partial charge in [0.2, 0.25) is 0 Å². The van der Waals surface area contributed by atoms with Crippen LogP contribution in [0.25, 0.3) is 11.3 Å². The summed E-state index contributed by atoms with van der Waals surface area (Å²) >= 11 is 0. The summed E-state index contributed by atoms with van der Waals surface area (Å²) in [6, 6.07) is 1.99. The molecule has 1 heterocycles. The van der Waals surface area contributed by atoms with Gasteiger partial charge in [-0.15, -0.1) is 0 Å². The molecule has 0 aliphatic heterocycles. The van der Waals surface area contributed by atoms with Crippen molar-refractivity contribution in [3.63, 3.8) is 0 Å². The van der Waals surface area contributed by atoms with Crippen LogP contribution in [0.15, 0.2) is 86.2 Å². The van der Waals surface area contributed by atoms with Crippen LogP contribution in [-0.4, -0.2) is 9.78 Å². The lowest BCUT2D eigenvalue weighted by molar-refractivity contribution is 0.897. The van der Waals surface area contributed by atoms with Gasteiger partial charge in [-0.05, 0) is 37.6 Å². The molecule has 0 radical (unpaired) electrons. The molecule has 1 aromatic heterocycles. The molecule has 1 aromatic rings. The van der Waals surface area contributed by atoms with Crippen molar-refractivity contribution >= 4 is 11.3 Å². The molecule has 108 valence electrons. The van der Waals surface area contributed by atoms with Gasteiger partial charge in [-0.2, -0.15) is 5.10 Å². The Bertz CT molecular complexity index is 603. The van der Waals surface area contributed by atoms with E-state index in [1.807, 2.05) is 61.1 Å². The minimum absolute atomic E-state index is 0.931. The molecule has 2 nitrogen and oxygen atoms in total. The lowest BCUT2D eigenvalue weighted by Gasteiger charge is -2.09. The normalized spacial score (nSPS) is 13.6. The molecular weight excluding hydrogens is 256 g/mol. The molecular formula is C19H22N2. The average Bonchev–Trinajstić information content (AvgIpc) is 2.97. The van der Waals surface area contributed by atoms with Crippen LogP contribution in [0.1, 0.15) is 19.5 Å². The van der Waals surface area contributed by atoms with E-state index in [1.165, 1.54) is 0 Å². The second-order valence-corrected chi connectivity index (χ2v) is 4.20. The predicted octanol–water partition coefficient (Wildman–Crippen LogP) is 5.19. The van der Waals surface area contributed by atoms with E-state index < -0.39 is 0 Å². The Morgan fingerprint density at radius 2 is 1.86 bits per heavy atom. The maximum Gasteiger partial charge on any atom is 0.0740 e. The Balaban J connectivity index is 3.37. The summed E-state index contributed by atoms with van der Waals surface area (Å²) in [6.07, 6.45) is 21.2. The predicted molar refractivity (Wildman–Crippen MR) is 93.6 cm³/mol. The van der Waals surface area contributed by atoms with Crippen molar-refractivity contribution < 1.29 is 0 Å². The maximum atomic E-state index is 4.42. The molecule has 0 bridgehead atoms. The molecule has 2 heteroatoms. The summed E-state index contributed by atoms with van der Waals surface area (Å²) in [6.45, 7) is 11.5. The fraction of sp³-hybridized carbons (Fsp3) is 0.105. The third-order valence-corrected chi connectivity index (χ3v) is 2.69. The average molecular weight is 278 g/mol. The lowest BCUT2D eigenvalue weighted by atomic mass is 10.1. The van der Waals surface area contributed by atoms with Gasteiger partial charge in [0, 0.05) is 0 Å². The number of nitrogens with zero attached hydrogens (tertiary/aromatic N) is 2. The van der Waals surface area contributed by atoms with Crippen LogP contribution in [0.3, 0.4) is 0 Å². The zero-order chi connectivity index (χ0) is 15.5. The molecule has 21 heavy (non-hydrogen) atoms. The highest BCUT2D eigenvalue weighted by molar-refractivity contribution is 5.76. The summed E-state index contributed by atoms with van der Waals surface area (Å²) in [4.78, 5) is 0. The van der Waals surface area contributed by atoms with Gasteiger partial charge in [-0.3, -0.25) is 0 Å². The molecule has 0 unspecified atom stereocenters. The van der Waals surface area contributed by atoms with Gasteiger partial charge < -0.3 is 0 Å². The van der Waals surface area contributed by atoms with E-state index in [4.69, 9.17) is 0 Å². The Labute approximate surface area is 127 Å². The number of hydrogen-bond donors (Lipinski definition) is 0. The second-order valence-electron chi connectivity index (χ2n) is 4.20. The molecule has 0 aliphatic rings. The fourth-order valence-electron chi connectivity index (χ4n) is 1.82. The second kappa shape index (κ2) is 9.32. The SMILES string of the molecule is C=C/C=C\C(=C/C=C)n1nccc1C(/C=C\C)=C/C=C\C. The van der Waals surface area contributed by atoms with Gasteiger partial charge in [0.05, 0.1) is 17.6 Å². The number of rotatable bonds is 7. The molecule has 0 amide bonds. The van der Waals surface area contributed by atoms with Gasteiger partial charge >= 0.3 is 0 Å². The minimum atomic E-state index is 0.931. The van der Waals surface area contributed by atoms with Gasteiger partial charge in [0.1, 0.15) is 0 Å². The van der Waals surface area contributed by atoms with Crippen LogP contribution in [0, 0.1) is 0 Å². The highest BCUT2D eigenvalue weighted by Gasteiger charge is 2.07. The maximum absolute atomic E-state index is 4.42. The number of allylic oxidation sites excluding steroid dienone is 12. The van der Waals surface area contributed by atoms with Gasteiger partial charge in [-0.1, -0.05) is 61.8 Å². The highest BCUT2D eigenvalue weighted by Crippen LogP contribution is 2.20. The topological polar surface area (TPSA) is 17.8 Å². The van der Waals surface area contributed by atoms with Crippen molar-refractivity contribution in [1.29, 1.82) is 0 Å². The van der Waals surface area contributed by atoms with E-state index in [9.17, 15) is 0 Å². The quantitative estimate of drug-likeness (QED) is 0.628. The molecule has 0 fully saturated rings. The summed E-state index contributed by atoms with van der Waals surface area (Å²) < 4.78 is 1.89. The van der Waals surface area contributed by atoms with Crippen molar-refractivity contribution in [3.8, 4) is 0 Å². The largest absolute Gasteiger partial charge is 0.233 e. The first-order chi connectivity index (χ1) is 10.3. The lowest BCUT2D eigenvalue weighted by Crippen LogP contribution is -2.01. The molecule has 0 spiro atoms. The van der Waals surface area contributed by atoms with Gasteiger partial charge in [0.15, 0.2) is 0 Å². The van der Waals surface area contributed by atoms with Crippen molar-refractivity contribution in [2.24, 2.45) is 0 Å². The molecule has 0 N–H and O–H groups in total. The fourth-order valence-corrected chi connectivity index (χ4v) is 1.82. The van der Waals surface area contributed by atoms with Crippen LogP contribution in [0.4, 0.5) is 0 Å². The van der Waals surface area contributed by atoms with E-state index in [2.05, 4.69) is 30.4 Å². The van der Waals surface area contributed by atoms with E-state index in [1.54, 1.807) is 18.3 Å². The van der Waals surface area contributed by atoms with E-state index in [0.29, 0.717) is 0 Å². The van der Waals surface area contributed by atoms with Crippen LogP contribution in [-0.2, 0) is 0 Å². The number of hydrogen-bond acceptors (Lipinski definition) is 1. The Morgan fingerprint density at radius 3 is 2.48 bits per heavy atom. The zero-order valence-electron chi connectivity index (χ0n) is 12.7. The van der Waals surface area contributed by atoms with Crippen molar-refractivity contribution in [1.82, 2.24) is 9.78 Å². The monoisotopic (exact) mass is 278 g/mol. The van der Waals surface area contributed by atoms with Crippen LogP contribution < -0.4 is 0 Å². The van der Waals surface area contributed by atoms with E-state index >= 15 is 0 Å². The Kier molecular flexibility index (Phi) is 7.30. The minimum Gasteiger partial charge on any atom is -0.233 e. The Hall–Kier alpha value is -2.61.